The standard InChI is InChI=1S/C13H17Cl2NO4S2/c14-12-4-3-11(8-13(12)15)22(19,20)16-6-1-2-10-5-7-21(17,18)9-10/h3-4,8,10,16H,1-2,5-7,9H2. The smallest absolute Gasteiger partial charge is 0.229 e. The third-order valence-corrected chi connectivity index (χ3v) is 7.64. The molecule has 1 fully saturated rings. The Morgan fingerprint density at radius 1 is 1.23 bits per heavy atom. The largest absolute Gasteiger partial charge is 0.240 e. The predicted molar refractivity (Wildman–Crippen MR) is 87.6 cm³/mol. The van der Waals surface area contributed by atoms with Gasteiger partial charge < -0.3 is 0 Å². The van der Waals surface area contributed by atoms with Crippen molar-refractivity contribution in [2.75, 3.05) is 18.1 Å². The summed E-state index contributed by atoms with van der Waals surface area (Å²) in [4.78, 5) is 0.0605. The second kappa shape index (κ2) is 7.05. The van der Waals surface area contributed by atoms with Gasteiger partial charge in [-0.3, -0.25) is 0 Å². The molecule has 1 saturated heterocycles. The molecular weight excluding hydrogens is 369 g/mol. The van der Waals surface area contributed by atoms with Crippen LogP contribution in [-0.4, -0.2) is 34.9 Å². The fourth-order valence-electron chi connectivity index (χ4n) is 2.42. The number of hydrogen-bond donors (Lipinski definition) is 1. The number of hydrogen-bond acceptors (Lipinski definition) is 4. The van der Waals surface area contributed by atoms with Gasteiger partial charge in [-0.05, 0) is 43.4 Å². The quantitative estimate of drug-likeness (QED) is 0.762. The van der Waals surface area contributed by atoms with E-state index in [0.29, 0.717) is 24.3 Å². The lowest BCUT2D eigenvalue weighted by Gasteiger charge is -2.09. The van der Waals surface area contributed by atoms with Crippen LogP contribution in [0.3, 0.4) is 0 Å². The molecule has 9 heteroatoms. The van der Waals surface area contributed by atoms with Gasteiger partial charge in [0.2, 0.25) is 10.0 Å². The van der Waals surface area contributed by atoms with Crippen molar-refractivity contribution in [3.05, 3.63) is 28.2 Å². The van der Waals surface area contributed by atoms with Gasteiger partial charge in [-0.2, -0.15) is 0 Å². The van der Waals surface area contributed by atoms with Crippen LogP contribution in [0.5, 0.6) is 0 Å². The van der Waals surface area contributed by atoms with Crippen LogP contribution >= 0.6 is 23.2 Å². The maximum absolute atomic E-state index is 12.1. The van der Waals surface area contributed by atoms with Crippen molar-refractivity contribution in [3.8, 4) is 0 Å². The van der Waals surface area contributed by atoms with Crippen molar-refractivity contribution in [2.24, 2.45) is 5.92 Å². The van der Waals surface area contributed by atoms with E-state index in [9.17, 15) is 16.8 Å². The highest BCUT2D eigenvalue weighted by molar-refractivity contribution is 7.91. The molecule has 0 aromatic heterocycles. The Morgan fingerprint density at radius 3 is 2.55 bits per heavy atom. The van der Waals surface area contributed by atoms with Gasteiger partial charge in [0.1, 0.15) is 0 Å². The molecule has 0 radical (unpaired) electrons. The number of sulfone groups is 1. The van der Waals surface area contributed by atoms with E-state index in [2.05, 4.69) is 4.72 Å². The minimum absolute atomic E-state index is 0.0605. The van der Waals surface area contributed by atoms with Gasteiger partial charge in [0.15, 0.2) is 9.84 Å². The van der Waals surface area contributed by atoms with Gasteiger partial charge in [0, 0.05) is 6.54 Å². The van der Waals surface area contributed by atoms with Crippen molar-refractivity contribution >= 4 is 43.1 Å². The molecule has 124 valence electrons. The molecule has 1 unspecified atom stereocenters. The van der Waals surface area contributed by atoms with Crippen molar-refractivity contribution in [1.82, 2.24) is 4.72 Å². The molecule has 22 heavy (non-hydrogen) atoms. The maximum Gasteiger partial charge on any atom is 0.240 e. The van der Waals surface area contributed by atoms with Crippen LogP contribution in [0.1, 0.15) is 19.3 Å². The number of benzene rings is 1. The van der Waals surface area contributed by atoms with Gasteiger partial charge in [0.25, 0.3) is 0 Å². The zero-order valence-corrected chi connectivity index (χ0v) is 14.9. The summed E-state index contributed by atoms with van der Waals surface area (Å²) < 4.78 is 49.3. The Kier molecular flexibility index (Phi) is 5.77. The first-order valence-electron chi connectivity index (χ1n) is 6.85. The molecule has 1 heterocycles. The normalized spacial score (nSPS) is 21.1. The summed E-state index contributed by atoms with van der Waals surface area (Å²) in [5.74, 6) is 0.596. The first kappa shape index (κ1) is 18.0. The van der Waals surface area contributed by atoms with E-state index in [1.807, 2.05) is 0 Å². The fourth-order valence-corrected chi connectivity index (χ4v) is 5.80. The lowest BCUT2D eigenvalue weighted by atomic mass is 10.0. The SMILES string of the molecule is O=S1(=O)CCC(CCCNS(=O)(=O)c2ccc(Cl)c(Cl)c2)C1. The van der Waals surface area contributed by atoms with Crippen LogP contribution in [0.2, 0.25) is 10.0 Å². The first-order valence-corrected chi connectivity index (χ1v) is 10.9. The summed E-state index contributed by atoms with van der Waals surface area (Å²) in [5.41, 5.74) is 0. The van der Waals surface area contributed by atoms with E-state index in [1.54, 1.807) is 0 Å². The average molecular weight is 386 g/mol. The maximum atomic E-state index is 12.1. The van der Waals surface area contributed by atoms with Crippen molar-refractivity contribution in [2.45, 2.75) is 24.2 Å². The van der Waals surface area contributed by atoms with E-state index in [1.165, 1.54) is 18.2 Å². The minimum atomic E-state index is -3.63. The van der Waals surface area contributed by atoms with Crippen LogP contribution in [0.4, 0.5) is 0 Å². The highest BCUT2D eigenvalue weighted by Crippen LogP contribution is 2.25. The monoisotopic (exact) mass is 385 g/mol. The van der Waals surface area contributed by atoms with Crippen molar-refractivity contribution in [3.63, 3.8) is 0 Å². The van der Waals surface area contributed by atoms with Crippen LogP contribution in [-0.2, 0) is 19.9 Å². The second-order valence-corrected chi connectivity index (χ2v) is 10.2. The van der Waals surface area contributed by atoms with E-state index >= 15 is 0 Å². The molecule has 1 aromatic carbocycles. The Morgan fingerprint density at radius 2 is 1.95 bits per heavy atom. The molecule has 1 aromatic rings. The van der Waals surface area contributed by atoms with Gasteiger partial charge >= 0.3 is 0 Å². The second-order valence-electron chi connectivity index (χ2n) is 5.38. The molecule has 2 rings (SSSR count). The van der Waals surface area contributed by atoms with Crippen LogP contribution in [0.25, 0.3) is 0 Å². The van der Waals surface area contributed by atoms with Crippen LogP contribution in [0, 0.1) is 5.92 Å². The molecule has 1 atom stereocenters. The van der Waals surface area contributed by atoms with E-state index < -0.39 is 19.9 Å². The molecule has 0 aliphatic carbocycles. The molecule has 0 amide bonds. The summed E-state index contributed by atoms with van der Waals surface area (Å²) in [7, 11) is -6.51. The number of halogens is 2. The molecule has 1 aliphatic heterocycles. The fraction of sp³-hybridized carbons (Fsp3) is 0.538. The summed E-state index contributed by atoms with van der Waals surface area (Å²) in [6.07, 6.45) is 1.96. The zero-order valence-electron chi connectivity index (χ0n) is 11.8. The van der Waals surface area contributed by atoms with Gasteiger partial charge in [-0.1, -0.05) is 23.2 Å². The Bertz CT molecular complexity index is 747. The molecule has 1 aliphatic rings. The van der Waals surface area contributed by atoms with Crippen molar-refractivity contribution in [1.29, 1.82) is 0 Å². The van der Waals surface area contributed by atoms with Crippen LogP contribution in [0.15, 0.2) is 23.1 Å². The number of sulfonamides is 1. The molecule has 0 spiro atoms. The minimum Gasteiger partial charge on any atom is -0.229 e. The average Bonchev–Trinajstić information content (AvgIpc) is 2.77. The lowest BCUT2D eigenvalue weighted by Crippen LogP contribution is -2.25. The summed E-state index contributed by atoms with van der Waals surface area (Å²) >= 11 is 11.6. The van der Waals surface area contributed by atoms with Gasteiger partial charge in [-0.15, -0.1) is 0 Å². The Balaban J connectivity index is 1.84. The van der Waals surface area contributed by atoms with Crippen LogP contribution < -0.4 is 4.72 Å². The third-order valence-electron chi connectivity index (χ3n) is 3.61. The molecule has 0 saturated carbocycles. The molecular formula is C13H17Cl2NO4S2. The topological polar surface area (TPSA) is 80.3 Å². The Hall–Kier alpha value is -0.340. The number of rotatable bonds is 6. The summed E-state index contributed by atoms with van der Waals surface area (Å²) in [6, 6.07) is 4.12. The molecule has 0 bridgehead atoms. The lowest BCUT2D eigenvalue weighted by molar-refractivity contribution is 0.512. The molecule has 1 N–H and O–H groups in total. The summed E-state index contributed by atoms with van der Waals surface area (Å²) in [5, 5.41) is 0.476. The number of nitrogens with one attached hydrogen (secondary N) is 1. The highest BCUT2D eigenvalue weighted by Gasteiger charge is 2.27. The first-order chi connectivity index (χ1) is 10.2. The van der Waals surface area contributed by atoms with Gasteiger partial charge in [-0.25, -0.2) is 21.6 Å². The predicted octanol–water partition coefficient (Wildman–Crippen LogP) is 2.49. The van der Waals surface area contributed by atoms with E-state index in [4.69, 9.17) is 23.2 Å². The van der Waals surface area contributed by atoms with E-state index in [-0.39, 0.29) is 33.9 Å². The summed E-state index contributed by atoms with van der Waals surface area (Å²) in [6.45, 7) is 0.263. The van der Waals surface area contributed by atoms with Gasteiger partial charge in [0.05, 0.1) is 26.4 Å². The zero-order chi connectivity index (χ0) is 16.4. The third kappa shape index (κ3) is 4.83. The van der Waals surface area contributed by atoms with E-state index in [0.717, 1.165) is 0 Å². The molecule has 5 nitrogen and oxygen atoms in total. The highest BCUT2D eigenvalue weighted by atomic mass is 35.5. The Labute approximate surface area is 141 Å². The van der Waals surface area contributed by atoms with Crippen molar-refractivity contribution < 1.29 is 16.8 Å².